The van der Waals surface area contributed by atoms with Gasteiger partial charge in [-0.2, -0.15) is 0 Å². The normalized spacial score (nSPS) is 39.1. The summed E-state index contributed by atoms with van der Waals surface area (Å²) in [4.78, 5) is 13.2. The number of likely N-dealkylation sites (N-methyl/N-ethyl adjacent to an activating group) is 1. The van der Waals surface area contributed by atoms with E-state index in [9.17, 15) is 4.79 Å². The van der Waals surface area contributed by atoms with Gasteiger partial charge < -0.3 is 4.74 Å². The molecular formula is C10H17NO2. The number of rotatable bonds is 1. The van der Waals surface area contributed by atoms with E-state index in [1.807, 2.05) is 0 Å². The highest BCUT2D eigenvalue weighted by Crippen LogP contribution is 2.35. The smallest absolute Gasteiger partial charge is 0.302 e. The largest absolute Gasteiger partial charge is 0.461 e. The van der Waals surface area contributed by atoms with Gasteiger partial charge in [0.1, 0.15) is 6.10 Å². The van der Waals surface area contributed by atoms with Crippen LogP contribution in [0.2, 0.25) is 0 Å². The number of esters is 1. The summed E-state index contributed by atoms with van der Waals surface area (Å²) in [6.07, 6.45) is 4.86. The van der Waals surface area contributed by atoms with Gasteiger partial charge >= 0.3 is 5.97 Å². The lowest BCUT2D eigenvalue weighted by molar-refractivity contribution is -0.151. The molecule has 0 spiro atoms. The number of piperidine rings is 1. The van der Waals surface area contributed by atoms with E-state index < -0.39 is 0 Å². The number of fused-ring (bicyclic) bond motifs is 2. The minimum absolute atomic E-state index is 0.135. The van der Waals surface area contributed by atoms with E-state index in [2.05, 4.69) is 11.9 Å². The SMILES string of the molecule is CC(=O)O[C@H]1CC[C@@H]2CC[C@@H]1N2C. The Bertz CT molecular complexity index is 217. The Morgan fingerprint density at radius 1 is 1.31 bits per heavy atom. The molecule has 74 valence electrons. The quantitative estimate of drug-likeness (QED) is 0.572. The second-order valence-corrected chi connectivity index (χ2v) is 4.19. The van der Waals surface area contributed by atoms with Crippen molar-refractivity contribution >= 4 is 5.97 Å². The van der Waals surface area contributed by atoms with Gasteiger partial charge in [0.25, 0.3) is 0 Å². The van der Waals surface area contributed by atoms with Crippen molar-refractivity contribution in [3.05, 3.63) is 0 Å². The zero-order chi connectivity index (χ0) is 9.42. The lowest BCUT2D eigenvalue weighted by Gasteiger charge is -2.36. The van der Waals surface area contributed by atoms with E-state index in [1.54, 1.807) is 0 Å². The maximum absolute atomic E-state index is 10.9. The molecule has 2 bridgehead atoms. The maximum Gasteiger partial charge on any atom is 0.302 e. The first-order chi connectivity index (χ1) is 6.18. The van der Waals surface area contributed by atoms with Crippen LogP contribution in [0.4, 0.5) is 0 Å². The summed E-state index contributed by atoms with van der Waals surface area (Å²) < 4.78 is 5.31. The first-order valence-corrected chi connectivity index (χ1v) is 5.07. The van der Waals surface area contributed by atoms with Gasteiger partial charge in [-0.3, -0.25) is 9.69 Å². The second kappa shape index (κ2) is 3.29. The first kappa shape index (κ1) is 9.00. The maximum atomic E-state index is 10.9. The molecule has 0 unspecified atom stereocenters. The molecule has 3 heteroatoms. The summed E-state index contributed by atoms with van der Waals surface area (Å²) in [6.45, 7) is 1.50. The molecule has 0 amide bonds. The zero-order valence-corrected chi connectivity index (χ0v) is 8.32. The Morgan fingerprint density at radius 2 is 2.00 bits per heavy atom. The van der Waals surface area contributed by atoms with Crippen LogP contribution < -0.4 is 0 Å². The zero-order valence-electron chi connectivity index (χ0n) is 8.32. The van der Waals surface area contributed by atoms with Gasteiger partial charge in [0.05, 0.1) is 0 Å². The number of hydrogen-bond acceptors (Lipinski definition) is 3. The van der Waals surface area contributed by atoms with Gasteiger partial charge in [-0.1, -0.05) is 0 Å². The average molecular weight is 183 g/mol. The molecule has 0 aromatic carbocycles. The molecule has 2 heterocycles. The van der Waals surface area contributed by atoms with Gasteiger partial charge in [-0.25, -0.2) is 0 Å². The third-order valence-corrected chi connectivity index (χ3v) is 3.43. The average Bonchev–Trinajstić information content (AvgIpc) is 2.31. The molecule has 0 aromatic heterocycles. The van der Waals surface area contributed by atoms with E-state index in [0.717, 1.165) is 12.5 Å². The molecule has 0 aromatic rings. The molecule has 2 aliphatic heterocycles. The molecule has 2 rings (SSSR count). The Hall–Kier alpha value is -0.570. The summed E-state index contributed by atoms with van der Waals surface area (Å²) >= 11 is 0. The van der Waals surface area contributed by atoms with Crippen LogP contribution in [0.1, 0.15) is 32.6 Å². The van der Waals surface area contributed by atoms with Gasteiger partial charge in [-0.15, -0.1) is 0 Å². The molecule has 3 atom stereocenters. The summed E-state index contributed by atoms with van der Waals surface area (Å²) in [5.41, 5.74) is 0. The van der Waals surface area contributed by atoms with E-state index in [0.29, 0.717) is 6.04 Å². The number of nitrogens with zero attached hydrogens (tertiary/aromatic N) is 1. The van der Waals surface area contributed by atoms with Crippen LogP contribution in [0.25, 0.3) is 0 Å². The van der Waals surface area contributed by atoms with Crippen LogP contribution in [-0.2, 0) is 9.53 Å². The van der Waals surface area contributed by atoms with E-state index >= 15 is 0 Å². The van der Waals surface area contributed by atoms with Crippen molar-refractivity contribution in [2.75, 3.05) is 7.05 Å². The molecule has 2 aliphatic rings. The van der Waals surface area contributed by atoms with Gasteiger partial charge in [0.15, 0.2) is 0 Å². The minimum atomic E-state index is -0.135. The topological polar surface area (TPSA) is 29.5 Å². The summed E-state index contributed by atoms with van der Waals surface area (Å²) in [7, 11) is 2.15. The van der Waals surface area contributed by atoms with Gasteiger partial charge in [0.2, 0.25) is 0 Å². The molecule has 3 nitrogen and oxygen atoms in total. The van der Waals surface area contributed by atoms with Gasteiger partial charge in [0, 0.05) is 19.0 Å². The fourth-order valence-corrected chi connectivity index (χ4v) is 2.74. The molecular weight excluding hydrogens is 166 g/mol. The predicted molar refractivity (Wildman–Crippen MR) is 49.4 cm³/mol. The van der Waals surface area contributed by atoms with Crippen LogP contribution in [-0.4, -0.2) is 36.1 Å². The molecule has 0 saturated carbocycles. The van der Waals surface area contributed by atoms with Crippen LogP contribution in [0.15, 0.2) is 0 Å². The Balaban J connectivity index is 2.01. The molecule has 0 aliphatic carbocycles. The predicted octanol–water partition coefficient (Wildman–Crippen LogP) is 1.17. The number of hydrogen-bond donors (Lipinski definition) is 0. The summed E-state index contributed by atoms with van der Waals surface area (Å²) in [6, 6.07) is 1.24. The van der Waals surface area contributed by atoms with Crippen molar-refractivity contribution in [2.45, 2.75) is 50.8 Å². The Kier molecular flexibility index (Phi) is 2.28. The highest BCUT2D eigenvalue weighted by Gasteiger charge is 2.41. The first-order valence-electron chi connectivity index (χ1n) is 5.07. The van der Waals surface area contributed by atoms with Crippen LogP contribution >= 0.6 is 0 Å². The van der Waals surface area contributed by atoms with Crippen molar-refractivity contribution in [3.8, 4) is 0 Å². The number of carbonyl (C=O) groups excluding carboxylic acids is 1. The van der Waals surface area contributed by atoms with Crippen LogP contribution in [0.5, 0.6) is 0 Å². The molecule has 2 saturated heterocycles. The van der Waals surface area contributed by atoms with Crippen molar-refractivity contribution in [1.82, 2.24) is 4.90 Å². The van der Waals surface area contributed by atoms with Crippen molar-refractivity contribution in [1.29, 1.82) is 0 Å². The van der Waals surface area contributed by atoms with Crippen LogP contribution in [0.3, 0.4) is 0 Å². The van der Waals surface area contributed by atoms with E-state index in [4.69, 9.17) is 4.74 Å². The fraction of sp³-hybridized carbons (Fsp3) is 0.900. The molecule has 2 fully saturated rings. The van der Waals surface area contributed by atoms with E-state index in [-0.39, 0.29) is 12.1 Å². The number of ether oxygens (including phenoxy) is 1. The monoisotopic (exact) mass is 183 g/mol. The highest BCUT2D eigenvalue weighted by atomic mass is 16.5. The second-order valence-electron chi connectivity index (χ2n) is 4.19. The Labute approximate surface area is 79.0 Å². The lowest BCUT2D eigenvalue weighted by Crippen LogP contribution is -2.46. The van der Waals surface area contributed by atoms with Crippen LogP contribution in [0, 0.1) is 0 Å². The summed E-state index contributed by atoms with van der Waals surface area (Å²) in [5.74, 6) is -0.135. The molecule has 13 heavy (non-hydrogen) atoms. The standard InChI is InChI=1S/C10H17NO2/c1-7(12)13-10-6-4-8-3-5-9(10)11(8)2/h8-10H,3-6H2,1-2H3/t8-,9-,10-/m0/s1. The number of carbonyl (C=O) groups is 1. The van der Waals surface area contributed by atoms with Gasteiger partial charge in [-0.05, 0) is 32.7 Å². The fourth-order valence-electron chi connectivity index (χ4n) is 2.74. The third-order valence-electron chi connectivity index (χ3n) is 3.43. The van der Waals surface area contributed by atoms with Crippen molar-refractivity contribution < 1.29 is 9.53 Å². The molecule has 0 radical (unpaired) electrons. The lowest BCUT2D eigenvalue weighted by atomic mass is 10.0. The minimum Gasteiger partial charge on any atom is -0.461 e. The van der Waals surface area contributed by atoms with Crippen molar-refractivity contribution in [3.63, 3.8) is 0 Å². The molecule has 0 N–H and O–H groups in total. The summed E-state index contributed by atoms with van der Waals surface area (Å²) in [5, 5.41) is 0. The van der Waals surface area contributed by atoms with Crippen molar-refractivity contribution in [2.24, 2.45) is 0 Å². The third kappa shape index (κ3) is 1.57. The highest BCUT2D eigenvalue weighted by molar-refractivity contribution is 5.66. The Morgan fingerprint density at radius 3 is 2.69 bits per heavy atom. The van der Waals surface area contributed by atoms with E-state index in [1.165, 1.54) is 26.2 Å².